The van der Waals surface area contributed by atoms with Crippen LogP contribution in [0.3, 0.4) is 0 Å². The topological polar surface area (TPSA) is 58.1 Å². The fourth-order valence-electron chi connectivity index (χ4n) is 3.49. The number of amides is 1. The molecule has 1 fully saturated rings. The third-order valence-corrected chi connectivity index (χ3v) is 5.46. The molecule has 0 bridgehead atoms. The highest BCUT2D eigenvalue weighted by molar-refractivity contribution is 6.31. The predicted molar refractivity (Wildman–Crippen MR) is 112 cm³/mol. The van der Waals surface area contributed by atoms with E-state index in [0.29, 0.717) is 37.3 Å². The second-order valence-corrected chi connectivity index (χ2v) is 7.55. The van der Waals surface area contributed by atoms with Crippen LogP contribution in [-0.2, 0) is 4.79 Å². The van der Waals surface area contributed by atoms with E-state index < -0.39 is 5.82 Å². The molecule has 1 aliphatic heterocycles. The summed E-state index contributed by atoms with van der Waals surface area (Å²) in [5.41, 5.74) is 2.01. The van der Waals surface area contributed by atoms with E-state index in [4.69, 9.17) is 11.6 Å². The van der Waals surface area contributed by atoms with Crippen molar-refractivity contribution >= 4 is 29.0 Å². The molecule has 3 aromatic rings. The molecular formula is C22H19ClF2N4O. The smallest absolute Gasteiger partial charge is 0.227 e. The number of aromatic nitrogens is 2. The van der Waals surface area contributed by atoms with Gasteiger partial charge in [0, 0.05) is 36.3 Å². The van der Waals surface area contributed by atoms with Gasteiger partial charge in [-0.2, -0.15) is 0 Å². The molecule has 0 unspecified atom stereocenters. The Labute approximate surface area is 177 Å². The van der Waals surface area contributed by atoms with Gasteiger partial charge in [-0.25, -0.2) is 18.7 Å². The number of rotatable bonds is 4. The minimum atomic E-state index is -0.521. The van der Waals surface area contributed by atoms with E-state index in [0.717, 1.165) is 11.4 Å². The number of benzene rings is 2. The van der Waals surface area contributed by atoms with Crippen molar-refractivity contribution in [3.8, 4) is 11.3 Å². The van der Waals surface area contributed by atoms with Crippen molar-refractivity contribution in [1.29, 1.82) is 0 Å². The number of halogens is 3. The summed E-state index contributed by atoms with van der Waals surface area (Å²) in [6.07, 6.45) is 2.82. The lowest BCUT2D eigenvalue weighted by Crippen LogP contribution is -2.38. The average Bonchev–Trinajstić information content (AvgIpc) is 2.77. The second kappa shape index (κ2) is 8.75. The van der Waals surface area contributed by atoms with Crippen molar-refractivity contribution < 1.29 is 13.6 Å². The summed E-state index contributed by atoms with van der Waals surface area (Å²) in [5, 5.41) is 2.78. The van der Waals surface area contributed by atoms with Crippen LogP contribution in [0, 0.1) is 17.6 Å². The molecule has 1 saturated heterocycles. The minimum absolute atomic E-state index is 0.0247. The first-order valence-electron chi connectivity index (χ1n) is 9.58. The summed E-state index contributed by atoms with van der Waals surface area (Å²) >= 11 is 5.77. The van der Waals surface area contributed by atoms with Gasteiger partial charge in [-0.3, -0.25) is 4.79 Å². The number of nitrogens with one attached hydrogen (secondary N) is 1. The maximum absolute atomic E-state index is 13.3. The first-order valence-corrected chi connectivity index (χ1v) is 9.96. The van der Waals surface area contributed by atoms with Crippen molar-refractivity contribution in [2.75, 3.05) is 23.3 Å². The Kier molecular flexibility index (Phi) is 5.90. The zero-order valence-corrected chi connectivity index (χ0v) is 16.7. The van der Waals surface area contributed by atoms with Gasteiger partial charge in [0.25, 0.3) is 0 Å². The van der Waals surface area contributed by atoms with Gasteiger partial charge in [-0.05, 0) is 55.3 Å². The van der Waals surface area contributed by atoms with Crippen LogP contribution in [0.15, 0.2) is 54.9 Å². The largest absolute Gasteiger partial charge is 0.356 e. The fraction of sp³-hybridized carbons (Fsp3) is 0.227. The minimum Gasteiger partial charge on any atom is -0.356 e. The van der Waals surface area contributed by atoms with E-state index in [1.54, 1.807) is 12.1 Å². The van der Waals surface area contributed by atoms with E-state index in [9.17, 15) is 13.6 Å². The SMILES string of the molecule is O=C(Nc1ccc(F)c(Cl)c1)C1CCN(c2cc(-c3ccc(F)cc3)ncn2)CC1. The van der Waals surface area contributed by atoms with Crippen molar-refractivity contribution in [2.45, 2.75) is 12.8 Å². The molecule has 5 nitrogen and oxygen atoms in total. The summed E-state index contributed by atoms with van der Waals surface area (Å²) in [6, 6.07) is 12.2. The van der Waals surface area contributed by atoms with Crippen LogP contribution in [-0.4, -0.2) is 29.0 Å². The van der Waals surface area contributed by atoms with E-state index in [1.165, 1.54) is 36.7 Å². The Morgan fingerprint density at radius 3 is 2.47 bits per heavy atom. The lowest BCUT2D eigenvalue weighted by molar-refractivity contribution is -0.120. The molecule has 154 valence electrons. The van der Waals surface area contributed by atoms with E-state index in [-0.39, 0.29) is 22.7 Å². The van der Waals surface area contributed by atoms with Crippen molar-refractivity contribution in [3.05, 3.63) is 71.5 Å². The number of nitrogens with zero attached hydrogens (tertiary/aromatic N) is 3. The maximum atomic E-state index is 13.3. The van der Waals surface area contributed by atoms with Crippen LogP contribution in [0.25, 0.3) is 11.3 Å². The van der Waals surface area contributed by atoms with Crippen LogP contribution in [0.4, 0.5) is 20.3 Å². The molecule has 2 heterocycles. The number of anilines is 2. The van der Waals surface area contributed by atoms with E-state index >= 15 is 0 Å². The summed E-state index contributed by atoms with van der Waals surface area (Å²) in [5.74, 6) is -0.298. The van der Waals surface area contributed by atoms with Gasteiger partial charge >= 0.3 is 0 Å². The first kappa shape index (κ1) is 20.2. The third kappa shape index (κ3) is 4.57. The van der Waals surface area contributed by atoms with Gasteiger partial charge in [0.15, 0.2) is 0 Å². The number of hydrogen-bond donors (Lipinski definition) is 1. The Hall–Kier alpha value is -3.06. The number of carbonyl (C=O) groups excluding carboxylic acids is 1. The van der Waals surface area contributed by atoms with Crippen molar-refractivity contribution in [2.24, 2.45) is 5.92 Å². The summed E-state index contributed by atoms with van der Waals surface area (Å²) < 4.78 is 26.4. The molecule has 0 radical (unpaired) electrons. The van der Waals surface area contributed by atoms with Gasteiger partial charge in [0.05, 0.1) is 10.7 Å². The normalized spacial score (nSPS) is 14.6. The molecule has 1 aliphatic rings. The van der Waals surface area contributed by atoms with Gasteiger partial charge in [-0.1, -0.05) is 11.6 Å². The Balaban J connectivity index is 1.38. The molecule has 1 amide bonds. The van der Waals surface area contributed by atoms with Gasteiger partial charge in [-0.15, -0.1) is 0 Å². The molecule has 1 N–H and O–H groups in total. The Morgan fingerprint density at radius 2 is 1.77 bits per heavy atom. The molecule has 30 heavy (non-hydrogen) atoms. The summed E-state index contributed by atoms with van der Waals surface area (Å²) in [7, 11) is 0. The average molecular weight is 429 g/mol. The molecule has 2 aromatic carbocycles. The van der Waals surface area contributed by atoms with Crippen molar-refractivity contribution in [3.63, 3.8) is 0 Å². The van der Waals surface area contributed by atoms with Crippen molar-refractivity contribution in [1.82, 2.24) is 9.97 Å². The quantitative estimate of drug-likeness (QED) is 0.640. The molecule has 0 atom stereocenters. The van der Waals surface area contributed by atoms with E-state index in [2.05, 4.69) is 20.2 Å². The molecular weight excluding hydrogens is 410 g/mol. The van der Waals surface area contributed by atoms with Crippen LogP contribution >= 0.6 is 11.6 Å². The van der Waals surface area contributed by atoms with Crippen LogP contribution in [0.5, 0.6) is 0 Å². The van der Waals surface area contributed by atoms with Crippen LogP contribution in [0.1, 0.15) is 12.8 Å². The molecule has 8 heteroatoms. The first-order chi connectivity index (χ1) is 14.5. The second-order valence-electron chi connectivity index (χ2n) is 7.15. The van der Waals surface area contributed by atoms with E-state index in [1.807, 2.05) is 6.07 Å². The standard InChI is InChI=1S/C22H19ClF2N4O/c23-18-11-17(5-6-19(18)25)28-22(30)15-7-9-29(10-8-15)21-12-20(26-13-27-21)14-1-3-16(24)4-2-14/h1-6,11-13,15H,7-10H2,(H,28,30). The molecule has 1 aromatic heterocycles. The lowest BCUT2D eigenvalue weighted by Gasteiger charge is -2.32. The zero-order valence-electron chi connectivity index (χ0n) is 16.0. The van der Waals surface area contributed by atoms with Gasteiger partial charge in [0.2, 0.25) is 5.91 Å². The summed E-state index contributed by atoms with van der Waals surface area (Å²) in [6.45, 7) is 1.34. The Bertz CT molecular complexity index is 1050. The van der Waals surface area contributed by atoms with Crippen LogP contribution < -0.4 is 10.2 Å². The number of carbonyl (C=O) groups is 1. The predicted octanol–water partition coefficient (Wildman–Crippen LogP) is 4.93. The maximum Gasteiger partial charge on any atom is 0.227 e. The molecule has 4 rings (SSSR count). The third-order valence-electron chi connectivity index (χ3n) is 5.17. The van der Waals surface area contributed by atoms with Gasteiger partial charge < -0.3 is 10.2 Å². The molecule has 0 aliphatic carbocycles. The van der Waals surface area contributed by atoms with Gasteiger partial charge in [0.1, 0.15) is 23.8 Å². The highest BCUT2D eigenvalue weighted by Gasteiger charge is 2.26. The molecule has 0 saturated carbocycles. The highest BCUT2D eigenvalue weighted by atomic mass is 35.5. The highest BCUT2D eigenvalue weighted by Crippen LogP contribution is 2.26. The number of hydrogen-bond acceptors (Lipinski definition) is 4. The zero-order chi connectivity index (χ0) is 21.1. The fourth-order valence-corrected chi connectivity index (χ4v) is 3.67. The Morgan fingerprint density at radius 1 is 1.03 bits per heavy atom. The number of piperidine rings is 1. The van der Waals surface area contributed by atoms with Crippen LogP contribution in [0.2, 0.25) is 5.02 Å². The lowest BCUT2D eigenvalue weighted by atomic mass is 9.95. The molecule has 0 spiro atoms. The monoisotopic (exact) mass is 428 g/mol. The summed E-state index contributed by atoms with van der Waals surface area (Å²) in [4.78, 5) is 23.3.